The number of carbonyl (C=O) groups is 2. The van der Waals surface area contributed by atoms with E-state index in [9.17, 15) is 9.59 Å². The average Bonchev–Trinajstić information content (AvgIpc) is 2.44. The zero-order chi connectivity index (χ0) is 11.3. The number of carboxylic acid groups (broad SMARTS) is 1. The molecule has 5 nitrogen and oxygen atoms in total. The first kappa shape index (κ1) is 18.5. The molecule has 102 valence electrons. The third kappa shape index (κ3) is 7.10. The molecule has 0 radical (unpaired) electrons. The van der Waals surface area contributed by atoms with E-state index in [1.165, 1.54) is 0 Å². The minimum atomic E-state index is -0.737. The van der Waals surface area contributed by atoms with Crippen LogP contribution in [0.25, 0.3) is 0 Å². The first-order valence-corrected chi connectivity index (χ1v) is 5.38. The fourth-order valence-electron chi connectivity index (χ4n) is 1.78. The molecule has 1 saturated heterocycles. The van der Waals surface area contributed by atoms with E-state index < -0.39 is 5.97 Å². The number of amides is 2. The maximum atomic E-state index is 10.9. The van der Waals surface area contributed by atoms with Crippen molar-refractivity contribution < 1.29 is 14.7 Å². The lowest BCUT2D eigenvalue weighted by Gasteiger charge is -2.13. The Morgan fingerprint density at radius 1 is 1.29 bits per heavy atom. The van der Waals surface area contributed by atoms with E-state index in [1.807, 2.05) is 6.92 Å². The Morgan fingerprint density at radius 2 is 1.94 bits per heavy atom. The van der Waals surface area contributed by atoms with Crippen molar-refractivity contribution >= 4 is 25.5 Å². The lowest BCUT2D eigenvalue weighted by molar-refractivity contribution is -0.137. The van der Waals surface area contributed by atoms with E-state index in [4.69, 9.17) is 5.11 Å². The molecule has 1 fully saturated rings. The van der Waals surface area contributed by atoms with Gasteiger partial charge in [-0.2, -0.15) is 13.5 Å². The molecular formula is C11H24N2O3S. The van der Waals surface area contributed by atoms with E-state index in [1.54, 1.807) is 0 Å². The highest BCUT2D eigenvalue weighted by Crippen LogP contribution is 2.11. The smallest absolute Gasteiger partial charge is 0.315 e. The highest BCUT2D eigenvalue weighted by atomic mass is 32.1. The van der Waals surface area contributed by atoms with Gasteiger partial charge in [-0.1, -0.05) is 20.3 Å². The standard InChI is InChI=1S/C10H18N2O3.CH4.H2S/c1-7-8(12-10(15)11-7)5-3-2-4-6-9(13)14;;/h7-8H,2-6H2,1H3,(H,13,14)(H2,11,12,15);1H4;1H2/t7-,8+;;/m0../s1. The Morgan fingerprint density at radius 3 is 2.41 bits per heavy atom. The van der Waals surface area contributed by atoms with Crippen LogP contribution in [0.4, 0.5) is 4.79 Å². The van der Waals surface area contributed by atoms with Crippen molar-refractivity contribution in [3.8, 4) is 0 Å². The minimum Gasteiger partial charge on any atom is -0.481 e. The fourth-order valence-corrected chi connectivity index (χ4v) is 1.78. The molecule has 1 rings (SSSR count). The summed E-state index contributed by atoms with van der Waals surface area (Å²) in [5, 5.41) is 14.1. The largest absolute Gasteiger partial charge is 0.481 e. The Bertz CT molecular complexity index is 249. The number of urea groups is 1. The second-order valence-electron chi connectivity index (χ2n) is 4.01. The highest BCUT2D eigenvalue weighted by Gasteiger charge is 2.26. The zero-order valence-corrected chi connectivity index (χ0v) is 10.5. The van der Waals surface area contributed by atoms with Crippen molar-refractivity contribution in [2.75, 3.05) is 0 Å². The maximum Gasteiger partial charge on any atom is 0.315 e. The molecule has 0 aromatic rings. The number of rotatable bonds is 6. The second kappa shape index (κ2) is 9.15. The van der Waals surface area contributed by atoms with Gasteiger partial charge < -0.3 is 15.7 Å². The average molecular weight is 264 g/mol. The van der Waals surface area contributed by atoms with Crippen LogP contribution in [-0.4, -0.2) is 29.2 Å². The van der Waals surface area contributed by atoms with Crippen molar-refractivity contribution in [2.24, 2.45) is 0 Å². The predicted octanol–water partition coefficient (Wildman–Crippen LogP) is 1.84. The second-order valence-corrected chi connectivity index (χ2v) is 4.01. The van der Waals surface area contributed by atoms with E-state index in [2.05, 4.69) is 10.6 Å². The third-order valence-corrected chi connectivity index (χ3v) is 2.68. The van der Waals surface area contributed by atoms with Crippen LogP contribution in [0.1, 0.15) is 46.5 Å². The Balaban J connectivity index is 0. The molecule has 0 bridgehead atoms. The number of hydrogen-bond donors (Lipinski definition) is 3. The van der Waals surface area contributed by atoms with Gasteiger partial charge in [-0.15, -0.1) is 0 Å². The van der Waals surface area contributed by atoms with Crippen LogP contribution >= 0.6 is 13.5 Å². The first-order valence-electron chi connectivity index (χ1n) is 5.38. The zero-order valence-electron chi connectivity index (χ0n) is 9.45. The molecular weight excluding hydrogens is 240 g/mol. The maximum absolute atomic E-state index is 10.9. The van der Waals surface area contributed by atoms with E-state index in [-0.39, 0.29) is 45.5 Å². The van der Waals surface area contributed by atoms with Gasteiger partial charge in [-0.25, -0.2) is 4.79 Å². The number of unbranched alkanes of at least 4 members (excludes halogenated alkanes) is 2. The van der Waals surface area contributed by atoms with Gasteiger partial charge >= 0.3 is 12.0 Å². The summed E-state index contributed by atoms with van der Waals surface area (Å²) in [7, 11) is 0. The number of hydrogen-bond acceptors (Lipinski definition) is 2. The summed E-state index contributed by atoms with van der Waals surface area (Å²) in [5.41, 5.74) is 0. The molecule has 2 amide bonds. The summed E-state index contributed by atoms with van der Waals surface area (Å²) < 4.78 is 0. The Hall–Kier alpha value is -0.910. The summed E-state index contributed by atoms with van der Waals surface area (Å²) in [4.78, 5) is 21.2. The summed E-state index contributed by atoms with van der Waals surface area (Å²) in [6, 6.07) is 0.275. The van der Waals surface area contributed by atoms with E-state index in [0.29, 0.717) is 0 Å². The molecule has 0 aromatic carbocycles. The topological polar surface area (TPSA) is 78.4 Å². The van der Waals surface area contributed by atoms with Crippen molar-refractivity contribution in [3.63, 3.8) is 0 Å². The molecule has 0 spiro atoms. The molecule has 2 atom stereocenters. The summed E-state index contributed by atoms with van der Waals surface area (Å²) in [6.07, 6.45) is 3.75. The van der Waals surface area contributed by atoms with Crippen LogP contribution in [0.5, 0.6) is 0 Å². The van der Waals surface area contributed by atoms with Crippen LogP contribution in [-0.2, 0) is 4.79 Å². The molecule has 1 aliphatic rings. The molecule has 3 N–H and O–H groups in total. The van der Waals surface area contributed by atoms with Gasteiger partial charge in [0, 0.05) is 12.5 Å². The van der Waals surface area contributed by atoms with Gasteiger partial charge in [0.05, 0.1) is 6.04 Å². The summed E-state index contributed by atoms with van der Waals surface area (Å²) in [6.45, 7) is 1.97. The molecule has 0 aromatic heterocycles. The third-order valence-electron chi connectivity index (χ3n) is 2.68. The number of carbonyl (C=O) groups excluding carboxylic acids is 1. The molecule has 1 aliphatic heterocycles. The van der Waals surface area contributed by atoms with Crippen LogP contribution < -0.4 is 10.6 Å². The summed E-state index contributed by atoms with van der Waals surface area (Å²) in [5.74, 6) is -0.737. The highest BCUT2D eigenvalue weighted by molar-refractivity contribution is 7.59. The number of nitrogens with one attached hydrogen (secondary N) is 2. The minimum absolute atomic E-state index is 0. The Labute approximate surface area is 110 Å². The van der Waals surface area contributed by atoms with Crippen LogP contribution in [0.15, 0.2) is 0 Å². The Kier molecular flexibility index (Phi) is 9.94. The van der Waals surface area contributed by atoms with Gasteiger partial charge in [-0.3, -0.25) is 4.79 Å². The predicted molar refractivity (Wildman–Crippen MR) is 72.8 cm³/mol. The normalized spacial score (nSPS) is 21.8. The number of aliphatic carboxylic acids is 1. The van der Waals surface area contributed by atoms with Crippen LogP contribution in [0.3, 0.4) is 0 Å². The van der Waals surface area contributed by atoms with E-state index >= 15 is 0 Å². The molecule has 0 unspecified atom stereocenters. The quantitative estimate of drug-likeness (QED) is 0.640. The van der Waals surface area contributed by atoms with Gasteiger partial charge in [0.15, 0.2) is 0 Å². The van der Waals surface area contributed by atoms with Crippen molar-refractivity contribution in [1.29, 1.82) is 0 Å². The molecule has 0 saturated carbocycles. The van der Waals surface area contributed by atoms with Crippen molar-refractivity contribution in [2.45, 2.75) is 58.5 Å². The van der Waals surface area contributed by atoms with E-state index in [0.717, 1.165) is 25.7 Å². The van der Waals surface area contributed by atoms with Gasteiger partial charge in [0.2, 0.25) is 0 Å². The molecule has 0 aliphatic carbocycles. The monoisotopic (exact) mass is 264 g/mol. The van der Waals surface area contributed by atoms with Crippen LogP contribution in [0.2, 0.25) is 0 Å². The van der Waals surface area contributed by atoms with Crippen molar-refractivity contribution in [1.82, 2.24) is 10.6 Å². The van der Waals surface area contributed by atoms with Crippen LogP contribution in [0, 0.1) is 0 Å². The first-order chi connectivity index (χ1) is 7.09. The van der Waals surface area contributed by atoms with Gasteiger partial charge in [0.1, 0.15) is 0 Å². The lowest BCUT2D eigenvalue weighted by Crippen LogP contribution is -2.30. The lowest BCUT2D eigenvalue weighted by atomic mass is 10.0. The van der Waals surface area contributed by atoms with Crippen molar-refractivity contribution in [3.05, 3.63) is 0 Å². The molecule has 17 heavy (non-hydrogen) atoms. The summed E-state index contributed by atoms with van der Waals surface area (Å²) >= 11 is 0. The SMILES string of the molecule is C.C[C@@H]1NC(=O)N[C@@H]1CCCCCC(=O)O.S. The molecule has 1 heterocycles. The molecule has 6 heteroatoms. The van der Waals surface area contributed by atoms with Gasteiger partial charge in [0.25, 0.3) is 0 Å². The fraction of sp³-hybridized carbons (Fsp3) is 0.818. The number of carboxylic acids is 1. The van der Waals surface area contributed by atoms with Gasteiger partial charge in [-0.05, 0) is 19.8 Å².